The van der Waals surface area contributed by atoms with Crippen molar-refractivity contribution in [2.24, 2.45) is 40.4 Å². The van der Waals surface area contributed by atoms with Crippen molar-refractivity contribution >= 4 is 34.7 Å². The molecule has 4 aliphatic carbocycles. The van der Waals surface area contributed by atoms with Crippen LogP contribution in [0.4, 0.5) is 10.6 Å². The first-order chi connectivity index (χ1) is 22.6. The van der Waals surface area contributed by atoms with Gasteiger partial charge in [0.05, 0.1) is 19.0 Å². The smallest absolute Gasteiger partial charge is 0.413 e. The quantitative estimate of drug-likeness (QED) is 0.132. The number of halogens is 1. The molecular formula is C37H56ClN5O4. The van der Waals surface area contributed by atoms with Crippen LogP contribution in [0.25, 0.3) is 11.2 Å². The maximum atomic E-state index is 13.2. The number of ether oxygens (including phenoxy) is 2. The van der Waals surface area contributed by atoms with E-state index in [2.05, 4.69) is 54.0 Å². The highest BCUT2D eigenvalue weighted by Gasteiger charge is 2.58. The van der Waals surface area contributed by atoms with Gasteiger partial charge in [0.2, 0.25) is 5.28 Å². The Bertz CT molecular complexity index is 1440. The molecule has 0 saturated heterocycles. The molecule has 1 amide bonds. The van der Waals surface area contributed by atoms with Gasteiger partial charge in [-0.2, -0.15) is 9.97 Å². The Labute approximate surface area is 285 Å². The summed E-state index contributed by atoms with van der Waals surface area (Å²) in [6.07, 6.45) is 18.8. The molecule has 3 fully saturated rings. The second-order valence-electron chi connectivity index (χ2n) is 15.9. The normalized spacial score (nSPS) is 32.4. The number of aromatic nitrogens is 4. The van der Waals surface area contributed by atoms with Crippen molar-refractivity contribution in [3.05, 3.63) is 23.3 Å². The third-order valence-corrected chi connectivity index (χ3v) is 13.2. The number of methoxy groups -OCH3 is 1. The number of aryl methyl sites for hydroxylation is 1. The number of fused-ring (bicyclic) bond motifs is 6. The number of nitrogens with zero attached hydrogens (tertiary/aromatic N) is 4. The Balaban J connectivity index is 1.07. The van der Waals surface area contributed by atoms with Crippen molar-refractivity contribution in [3.8, 4) is 0 Å². The Morgan fingerprint density at radius 2 is 1.96 bits per heavy atom. The number of hydrogen-bond acceptors (Lipinski definition) is 7. The largest absolute Gasteiger partial charge is 0.446 e. The second kappa shape index (κ2) is 14.3. The molecular weight excluding hydrogens is 614 g/mol. The molecule has 0 aromatic carbocycles. The predicted molar refractivity (Wildman–Crippen MR) is 185 cm³/mol. The standard InChI is InChI=1S/C37H56ClN5O4/c1-23(2)8-6-7-9-24-11-13-29-28-12-10-25-20-26(14-17-37(25,4)30(28)15-18-36(24,29)3)47-35(45)41-32-31-33(42-34(38)40-32)43(22-39-31)19-16-27(21-44)46-5/h10,22-24,26-30,44H,6-9,11-21H2,1-5H3,(H,40,41,42,45). The fourth-order valence-electron chi connectivity index (χ4n) is 10.3. The van der Waals surface area contributed by atoms with E-state index in [4.69, 9.17) is 21.1 Å². The Morgan fingerprint density at radius 3 is 2.72 bits per heavy atom. The summed E-state index contributed by atoms with van der Waals surface area (Å²) >= 11 is 6.25. The summed E-state index contributed by atoms with van der Waals surface area (Å²) in [6.45, 7) is 10.3. The lowest BCUT2D eigenvalue weighted by atomic mass is 9.47. The van der Waals surface area contributed by atoms with Gasteiger partial charge in [0, 0.05) is 20.1 Å². The van der Waals surface area contributed by atoms with Gasteiger partial charge in [0.1, 0.15) is 6.10 Å². The van der Waals surface area contributed by atoms with Crippen molar-refractivity contribution in [1.82, 2.24) is 19.5 Å². The van der Waals surface area contributed by atoms with Crippen molar-refractivity contribution in [1.29, 1.82) is 0 Å². The van der Waals surface area contributed by atoms with Gasteiger partial charge in [-0.25, -0.2) is 9.78 Å². The topological polar surface area (TPSA) is 111 Å². The highest BCUT2D eigenvalue weighted by molar-refractivity contribution is 6.28. The molecule has 6 rings (SSSR count). The number of amides is 1. The zero-order valence-corrected chi connectivity index (χ0v) is 29.9. The fraction of sp³-hybridized carbons (Fsp3) is 0.784. The molecule has 8 atom stereocenters. The number of carbonyl (C=O) groups is 1. The number of nitrogens with one attached hydrogen (secondary N) is 1. The lowest BCUT2D eigenvalue weighted by Crippen LogP contribution is -2.50. The van der Waals surface area contributed by atoms with Crippen LogP contribution in [-0.2, 0) is 16.0 Å². The number of allylic oxidation sites excluding steroid dienone is 1. The van der Waals surface area contributed by atoms with Crippen molar-refractivity contribution < 1.29 is 19.4 Å². The Hall–Kier alpha value is -2.23. The average Bonchev–Trinajstić information content (AvgIpc) is 3.60. The molecule has 8 unspecified atom stereocenters. The number of imidazole rings is 1. The molecule has 0 aliphatic heterocycles. The van der Waals surface area contributed by atoms with Crippen molar-refractivity contribution in [3.63, 3.8) is 0 Å². The molecule has 3 saturated carbocycles. The number of carbonyl (C=O) groups excluding carboxylic acids is 1. The predicted octanol–water partition coefficient (Wildman–Crippen LogP) is 8.59. The minimum absolute atomic E-state index is 0.0126. The lowest BCUT2D eigenvalue weighted by Gasteiger charge is -2.58. The molecule has 10 heteroatoms. The van der Waals surface area contributed by atoms with Crippen LogP contribution in [0.5, 0.6) is 0 Å². The summed E-state index contributed by atoms with van der Waals surface area (Å²) in [6, 6.07) is 0. The van der Waals surface area contributed by atoms with E-state index in [1.54, 1.807) is 13.4 Å². The van der Waals surface area contributed by atoms with E-state index in [0.717, 1.165) is 48.9 Å². The van der Waals surface area contributed by atoms with E-state index in [1.807, 2.05) is 4.57 Å². The SMILES string of the molecule is COC(CO)CCn1cnc2c(NC(=O)OC3CCC4(C)C(=CCC5C4CCC4(C)C(CCCCC(C)C)CCC54)C3)nc(Cl)nc21. The number of rotatable bonds is 12. The number of aliphatic hydroxyl groups is 1. The maximum absolute atomic E-state index is 13.2. The molecule has 2 N–H and O–H groups in total. The number of unbranched alkanes of at least 4 members (excludes halogenated alkanes) is 1. The van der Waals surface area contributed by atoms with Gasteiger partial charge < -0.3 is 19.1 Å². The van der Waals surface area contributed by atoms with E-state index < -0.39 is 6.09 Å². The molecule has 0 radical (unpaired) electrons. The lowest BCUT2D eigenvalue weighted by molar-refractivity contribution is -0.0514. The highest BCUT2D eigenvalue weighted by atomic mass is 35.5. The summed E-state index contributed by atoms with van der Waals surface area (Å²) in [4.78, 5) is 26.2. The fourth-order valence-corrected chi connectivity index (χ4v) is 10.4. The van der Waals surface area contributed by atoms with Crippen LogP contribution < -0.4 is 5.32 Å². The van der Waals surface area contributed by atoms with Gasteiger partial charge in [0.25, 0.3) is 0 Å². The maximum Gasteiger partial charge on any atom is 0.413 e. The summed E-state index contributed by atoms with van der Waals surface area (Å²) in [5.41, 5.74) is 3.16. The summed E-state index contributed by atoms with van der Waals surface area (Å²) in [5.74, 6) is 4.32. The minimum Gasteiger partial charge on any atom is -0.446 e. The van der Waals surface area contributed by atoms with Gasteiger partial charge >= 0.3 is 6.09 Å². The van der Waals surface area contributed by atoms with Gasteiger partial charge in [-0.3, -0.25) is 5.32 Å². The molecule has 47 heavy (non-hydrogen) atoms. The third-order valence-electron chi connectivity index (χ3n) is 13.0. The van der Waals surface area contributed by atoms with E-state index in [1.165, 1.54) is 63.4 Å². The first kappa shape index (κ1) is 34.6. The minimum atomic E-state index is -0.544. The zero-order chi connectivity index (χ0) is 33.3. The third kappa shape index (κ3) is 6.96. The number of hydrogen-bond donors (Lipinski definition) is 2. The number of aliphatic hydroxyl groups excluding tert-OH is 1. The Morgan fingerprint density at radius 1 is 1.13 bits per heavy atom. The van der Waals surface area contributed by atoms with Crippen LogP contribution in [0.2, 0.25) is 5.28 Å². The summed E-state index contributed by atoms with van der Waals surface area (Å²) < 4.78 is 13.1. The van der Waals surface area contributed by atoms with Gasteiger partial charge in [-0.05, 0) is 110 Å². The van der Waals surface area contributed by atoms with Crippen LogP contribution in [0, 0.1) is 40.4 Å². The highest BCUT2D eigenvalue weighted by Crippen LogP contribution is 2.66. The molecule has 0 spiro atoms. The van der Waals surface area contributed by atoms with E-state index in [-0.39, 0.29) is 35.3 Å². The summed E-state index contributed by atoms with van der Waals surface area (Å²) in [5, 5.41) is 12.3. The second-order valence-corrected chi connectivity index (χ2v) is 16.3. The van der Waals surface area contributed by atoms with E-state index in [9.17, 15) is 9.90 Å². The molecule has 9 nitrogen and oxygen atoms in total. The molecule has 0 bridgehead atoms. The van der Waals surface area contributed by atoms with Crippen LogP contribution in [0.1, 0.15) is 111 Å². The van der Waals surface area contributed by atoms with Crippen LogP contribution >= 0.6 is 11.6 Å². The van der Waals surface area contributed by atoms with Crippen molar-refractivity contribution in [2.75, 3.05) is 19.0 Å². The van der Waals surface area contributed by atoms with E-state index in [0.29, 0.717) is 29.5 Å². The molecule has 2 aromatic heterocycles. The van der Waals surface area contributed by atoms with E-state index >= 15 is 0 Å². The summed E-state index contributed by atoms with van der Waals surface area (Å²) in [7, 11) is 1.57. The van der Waals surface area contributed by atoms with Gasteiger partial charge in [-0.15, -0.1) is 0 Å². The molecule has 2 heterocycles. The zero-order valence-electron chi connectivity index (χ0n) is 29.1. The first-order valence-electron chi connectivity index (χ1n) is 18.2. The number of anilines is 1. The van der Waals surface area contributed by atoms with Crippen molar-refractivity contribution in [2.45, 2.75) is 130 Å². The molecule has 2 aromatic rings. The Kier molecular flexibility index (Phi) is 10.6. The molecule has 260 valence electrons. The first-order valence-corrected chi connectivity index (χ1v) is 18.6. The van der Waals surface area contributed by atoms with Crippen LogP contribution in [0.15, 0.2) is 18.0 Å². The van der Waals surface area contributed by atoms with Crippen LogP contribution in [-0.4, -0.2) is 56.6 Å². The monoisotopic (exact) mass is 669 g/mol. The van der Waals surface area contributed by atoms with Gasteiger partial charge in [0.15, 0.2) is 17.0 Å². The van der Waals surface area contributed by atoms with Gasteiger partial charge in [-0.1, -0.05) is 58.6 Å². The average molecular weight is 670 g/mol. The molecule has 4 aliphatic rings. The van der Waals surface area contributed by atoms with Crippen LogP contribution in [0.3, 0.4) is 0 Å².